The molecule has 0 aliphatic rings. The minimum Gasteiger partial charge on any atom is -0.467 e. The average Bonchev–Trinajstić information content (AvgIpc) is 2.95. The molecular formula is C16H17F2NO3. The van der Waals surface area contributed by atoms with E-state index in [9.17, 15) is 18.7 Å². The van der Waals surface area contributed by atoms with Crippen LogP contribution in [0.5, 0.6) is 0 Å². The molecule has 1 aromatic heterocycles. The fourth-order valence-corrected chi connectivity index (χ4v) is 2.15. The van der Waals surface area contributed by atoms with Crippen molar-refractivity contribution in [1.82, 2.24) is 5.32 Å². The van der Waals surface area contributed by atoms with Gasteiger partial charge in [-0.2, -0.15) is 0 Å². The molecule has 0 fully saturated rings. The van der Waals surface area contributed by atoms with Gasteiger partial charge in [-0.25, -0.2) is 8.78 Å². The van der Waals surface area contributed by atoms with Crippen LogP contribution in [0.3, 0.4) is 0 Å². The molecule has 0 saturated carbocycles. The summed E-state index contributed by atoms with van der Waals surface area (Å²) in [6.07, 6.45) is 0.713. The van der Waals surface area contributed by atoms with Crippen molar-refractivity contribution in [3.8, 4) is 0 Å². The Kier molecular flexibility index (Phi) is 5.27. The highest BCUT2D eigenvalue weighted by atomic mass is 19.1. The first-order valence-electron chi connectivity index (χ1n) is 6.90. The third-order valence-electron chi connectivity index (χ3n) is 3.22. The first-order chi connectivity index (χ1) is 10.5. The largest absolute Gasteiger partial charge is 0.467 e. The molecule has 0 saturated heterocycles. The second kappa shape index (κ2) is 7.17. The van der Waals surface area contributed by atoms with Crippen LogP contribution in [-0.2, 0) is 11.2 Å². The Bertz CT molecular complexity index is 628. The van der Waals surface area contributed by atoms with E-state index in [1.807, 2.05) is 0 Å². The smallest absolute Gasteiger partial charge is 0.224 e. The van der Waals surface area contributed by atoms with Gasteiger partial charge in [0.15, 0.2) is 0 Å². The number of benzene rings is 1. The van der Waals surface area contributed by atoms with Gasteiger partial charge in [-0.15, -0.1) is 0 Å². The van der Waals surface area contributed by atoms with Crippen LogP contribution in [0.1, 0.15) is 30.8 Å². The summed E-state index contributed by atoms with van der Waals surface area (Å²) in [4.78, 5) is 11.9. The van der Waals surface area contributed by atoms with Crippen molar-refractivity contribution in [3.63, 3.8) is 0 Å². The molecule has 0 aliphatic heterocycles. The van der Waals surface area contributed by atoms with E-state index in [0.29, 0.717) is 5.76 Å². The van der Waals surface area contributed by atoms with E-state index >= 15 is 0 Å². The lowest BCUT2D eigenvalue weighted by Gasteiger charge is -2.16. The number of amides is 1. The summed E-state index contributed by atoms with van der Waals surface area (Å²) >= 11 is 0. The maximum atomic E-state index is 13.5. The number of halogens is 2. The Morgan fingerprint density at radius 3 is 2.77 bits per heavy atom. The number of nitrogens with one attached hydrogen (secondary N) is 1. The molecule has 0 bridgehead atoms. The summed E-state index contributed by atoms with van der Waals surface area (Å²) in [7, 11) is 0. The minimum atomic E-state index is -0.826. The Balaban J connectivity index is 1.86. The Labute approximate surface area is 126 Å². The molecule has 2 atom stereocenters. The van der Waals surface area contributed by atoms with E-state index in [2.05, 4.69) is 5.32 Å². The van der Waals surface area contributed by atoms with E-state index in [4.69, 9.17) is 4.42 Å². The van der Waals surface area contributed by atoms with Gasteiger partial charge >= 0.3 is 0 Å². The zero-order valence-corrected chi connectivity index (χ0v) is 12.1. The van der Waals surface area contributed by atoms with Crippen molar-refractivity contribution >= 4 is 5.91 Å². The lowest BCUT2D eigenvalue weighted by atomic mass is 10.1. The molecule has 0 radical (unpaired) electrons. The third kappa shape index (κ3) is 4.39. The lowest BCUT2D eigenvalue weighted by Crippen LogP contribution is -2.35. The van der Waals surface area contributed by atoms with E-state index in [1.54, 1.807) is 19.1 Å². The molecule has 6 heteroatoms. The monoisotopic (exact) mass is 309 g/mol. The molecular weight excluding hydrogens is 292 g/mol. The zero-order chi connectivity index (χ0) is 16.1. The predicted molar refractivity (Wildman–Crippen MR) is 76.0 cm³/mol. The number of carbonyl (C=O) groups is 1. The van der Waals surface area contributed by atoms with Gasteiger partial charge in [-0.3, -0.25) is 4.79 Å². The van der Waals surface area contributed by atoms with Gasteiger partial charge in [0.25, 0.3) is 0 Å². The number of rotatable bonds is 6. The predicted octanol–water partition coefficient (Wildman–Crippen LogP) is 2.73. The number of aliphatic hydroxyl groups excluding tert-OH is 1. The van der Waals surface area contributed by atoms with Crippen molar-refractivity contribution in [3.05, 3.63) is 59.6 Å². The molecule has 0 spiro atoms. The van der Waals surface area contributed by atoms with Crippen LogP contribution in [-0.4, -0.2) is 17.1 Å². The number of hydrogen-bond acceptors (Lipinski definition) is 3. The molecule has 1 heterocycles. The first-order valence-corrected chi connectivity index (χ1v) is 6.90. The number of aliphatic hydroxyl groups is 1. The molecule has 1 amide bonds. The summed E-state index contributed by atoms with van der Waals surface area (Å²) in [6, 6.07) is 6.08. The van der Waals surface area contributed by atoms with Crippen LogP contribution in [0.4, 0.5) is 8.78 Å². The van der Waals surface area contributed by atoms with Gasteiger partial charge in [-0.1, -0.05) is 6.07 Å². The second-order valence-electron chi connectivity index (χ2n) is 5.15. The van der Waals surface area contributed by atoms with Crippen molar-refractivity contribution < 1.29 is 23.1 Å². The standard InChI is InChI=1S/C16H17F2NO3/c1-10(7-14(20)15-3-2-6-22-15)19-16(21)8-11-4-5-12(17)9-13(11)18/h2-6,9-10,14,20H,7-8H2,1H3,(H,19,21). The van der Waals surface area contributed by atoms with Crippen molar-refractivity contribution in [2.24, 2.45) is 0 Å². The quantitative estimate of drug-likeness (QED) is 0.862. The van der Waals surface area contributed by atoms with Gasteiger partial charge in [0, 0.05) is 18.5 Å². The fraction of sp³-hybridized carbons (Fsp3) is 0.312. The molecule has 4 nitrogen and oxygen atoms in total. The molecule has 1 aromatic carbocycles. The van der Waals surface area contributed by atoms with Crippen molar-refractivity contribution in [1.29, 1.82) is 0 Å². The Morgan fingerprint density at radius 2 is 2.14 bits per heavy atom. The highest BCUT2D eigenvalue weighted by Gasteiger charge is 2.17. The third-order valence-corrected chi connectivity index (χ3v) is 3.22. The van der Waals surface area contributed by atoms with Crippen LogP contribution in [0.25, 0.3) is 0 Å². The van der Waals surface area contributed by atoms with Crippen LogP contribution in [0.2, 0.25) is 0 Å². The zero-order valence-electron chi connectivity index (χ0n) is 12.1. The molecule has 2 aromatic rings. The summed E-state index contributed by atoms with van der Waals surface area (Å²) in [5, 5.41) is 12.6. The molecule has 2 N–H and O–H groups in total. The Morgan fingerprint density at radius 1 is 1.36 bits per heavy atom. The van der Waals surface area contributed by atoms with Gasteiger partial charge in [0.2, 0.25) is 5.91 Å². The maximum Gasteiger partial charge on any atom is 0.224 e. The van der Waals surface area contributed by atoms with Crippen LogP contribution in [0.15, 0.2) is 41.0 Å². The van der Waals surface area contributed by atoms with Gasteiger partial charge in [0.05, 0.1) is 12.7 Å². The van der Waals surface area contributed by atoms with Gasteiger partial charge in [0.1, 0.15) is 23.5 Å². The summed E-state index contributed by atoms with van der Waals surface area (Å²) < 4.78 is 31.3. The SMILES string of the molecule is CC(CC(O)c1ccco1)NC(=O)Cc1ccc(F)cc1F. The number of carbonyl (C=O) groups excluding carboxylic acids is 1. The second-order valence-corrected chi connectivity index (χ2v) is 5.15. The topological polar surface area (TPSA) is 62.5 Å². The minimum absolute atomic E-state index is 0.123. The van der Waals surface area contributed by atoms with Crippen LogP contribution < -0.4 is 5.32 Å². The Hall–Kier alpha value is -2.21. The van der Waals surface area contributed by atoms with E-state index < -0.39 is 23.6 Å². The van der Waals surface area contributed by atoms with Gasteiger partial charge < -0.3 is 14.8 Å². The average molecular weight is 309 g/mol. The molecule has 2 unspecified atom stereocenters. The number of hydrogen-bond donors (Lipinski definition) is 2. The highest BCUT2D eigenvalue weighted by molar-refractivity contribution is 5.78. The van der Waals surface area contributed by atoms with Gasteiger partial charge in [-0.05, 0) is 30.7 Å². The summed E-state index contributed by atoms with van der Waals surface area (Å²) in [5.74, 6) is -1.41. The van der Waals surface area contributed by atoms with E-state index in [-0.39, 0.29) is 24.4 Å². The normalized spacial score (nSPS) is 13.6. The highest BCUT2D eigenvalue weighted by Crippen LogP contribution is 2.18. The van der Waals surface area contributed by atoms with Crippen LogP contribution in [0, 0.1) is 11.6 Å². The summed E-state index contributed by atoms with van der Waals surface area (Å²) in [5.41, 5.74) is 0.123. The van der Waals surface area contributed by atoms with Crippen molar-refractivity contribution in [2.75, 3.05) is 0 Å². The van der Waals surface area contributed by atoms with E-state index in [1.165, 1.54) is 12.3 Å². The molecule has 22 heavy (non-hydrogen) atoms. The fourth-order valence-electron chi connectivity index (χ4n) is 2.15. The first kappa shape index (κ1) is 16.2. The molecule has 118 valence electrons. The molecule has 2 rings (SSSR count). The van der Waals surface area contributed by atoms with Crippen molar-refractivity contribution in [2.45, 2.75) is 31.9 Å². The lowest BCUT2D eigenvalue weighted by molar-refractivity contribution is -0.121. The number of furan rings is 1. The summed E-state index contributed by atoms with van der Waals surface area (Å²) in [6.45, 7) is 1.73. The van der Waals surface area contributed by atoms with E-state index in [0.717, 1.165) is 12.1 Å². The maximum absolute atomic E-state index is 13.5. The van der Waals surface area contributed by atoms with Crippen LogP contribution >= 0.6 is 0 Å². The molecule has 0 aliphatic carbocycles.